The molecule has 7 rings (SSSR count). The van der Waals surface area contributed by atoms with Crippen molar-refractivity contribution >= 4 is 58.5 Å². The molecular weight excluding hydrogens is 676 g/mol. The summed E-state index contributed by atoms with van der Waals surface area (Å²) < 4.78 is 15.8. The van der Waals surface area contributed by atoms with Gasteiger partial charge in [0.25, 0.3) is 11.8 Å². The van der Waals surface area contributed by atoms with Gasteiger partial charge in [-0.2, -0.15) is 5.26 Å². The number of hydrogen-bond acceptors (Lipinski definition) is 7. The van der Waals surface area contributed by atoms with E-state index in [0.717, 1.165) is 0 Å². The molecule has 3 heterocycles. The van der Waals surface area contributed by atoms with Crippen LogP contribution in [0, 0.1) is 17.1 Å². The van der Waals surface area contributed by atoms with E-state index in [9.17, 15) is 33.9 Å². The molecule has 2 aromatic carbocycles. The van der Waals surface area contributed by atoms with Gasteiger partial charge in [-0.05, 0) is 74.6 Å². The van der Waals surface area contributed by atoms with Gasteiger partial charge in [0.15, 0.2) is 5.82 Å². The molecule has 3 N–H and O–H groups in total. The molecule has 49 heavy (non-hydrogen) atoms. The number of benzene rings is 2. The second-order valence-corrected chi connectivity index (χ2v) is 13.5. The highest BCUT2D eigenvalue weighted by Gasteiger charge is 2.57. The lowest BCUT2D eigenvalue weighted by molar-refractivity contribution is -0.125. The van der Waals surface area contributed by atoms with Crippen LogP contribution in [0.5, 0.6) is 0 Å². The minimum Gasteiger partial charge on any atom is -0.478 e. The van der Waals surface area contributed by atoms with Crippen molar-refractivity contribution < 1.29 is 28.7 Å². The van der Waals surface area contributed by atoms with Gasteiger partial charge >= 0.3 is 5.97 Å². The first kappa shape index (κ1) is 32.2. The summed E-state index contributed by atoms with van der Waals surface area (Å²) >= 11 is 12.2. The number of nitrogens with zero attached hydrogens (tertiary/aromatic N) is 5. The summed E-state index contributed by atoms with van der Waals surface area (Å²) in [5, 5.41) is 23.7. The van der Waals surface area contributed by atoms with Crippen LogP contribution in [0.4, 0.5) is 16.0 Å². The van der Waals surface area contributed by atoms with Crippen LogP contribution in [-0.2, 0) is 27.1 Å². The Morgan fingerprint density at radius 1 is 1.00 bits per heavy atom. The number of halogens is 3. The minimum atomic E-state index is -1.44. The second-order valence-electron chi connectivity index (χ2n) is 12.7. The Morgan fingerprint density at radius 2 is 1.67 bits per heavy atom. The quantitative estimate of drug-likeness (QED) is 0.205. The lowest BCUT2D eigenvalue weighted by atomic mass is 9.91. The maximum absolute atomic E-state index is 14.4. The fraction of sp³-hybridized carbons (Fsp3) is 0.265. The van der Waals surface area contributed by atoms with Crippen molar-refractivity contribution in [3.8, 4) is 6.07 Å². The van der Waals surface area contributed by atoms with Gasteiger partial charge in [0.1, 0.15) is 16.8 Å². The number of aromatic carboxylic acids is 1. The van der Waals surface area contributed by atoms with Gasteiger partial charge < -0.3 is 15.7 Å². The van der Waals surface area contributed by atoms with Crippen LogP contribution in [0.2, 0.25) is 10.0 Å². The van der Waals surface area contributed by atoms with Crippen molar-refractivity contribution in [3.63, 3.8) is 0 Å². The Hall–Kier alpha value is -5.32. The largest absolute Gasteiger partial charge is 0.478 e. The van der Waals surface area contributed by atoms with Crippen molar-refractivity contribution in [2.75, 3.05) is 4.90 Å². The molecule has 3 amide bonds. The number of anilines is 2. The Kier molecular flexibility index (Phi) is 7.49. The van der Waals surface area contributed by atoms with Crippen LogP contribution >= 0.6 is 23.2 Å². The highest BCUT2D eigenvalue weighted by Crippen LogP contribution is 2.48. The number of pyridine rings is 1. The van der Waals surface area contributed by atoms with E-state index in [1.807, 2.05) is 0 Å². The van der Waals surface area contributed by atoms with Gasteiger partial charge in [-0.15, -0.1) is 0 Å². The Labute approximate surface area is 288 Å². The molecule has 15 heteroatoms. The van der Waals surface area contributed by atoms with Crippen molar-refractivity contribution in [3.05, 3.63) is 105 Å². The van der Waals surface area contributed by atoms with E-state index < -0.39 is 46.1 Å². The number of amides is 3. The summed E-state index contributed by atoms with van der Waals surface area (Å²) in [5.41, 5.74) is -1.60. The molecule has 1 atom stereocenters. The highest BCUT2D eigenvalue weighted by molar-refractivity contribution is 6.35. The molecule has 0 spiro atoms. The average molecular weight is 703 g/mol. The predicted octanol–water partition coefficient (Wildman–Crippen LogP) is 5.00. The molecule has 0 radical (unpaired) electrons. The molecule has 2 aromatic heterocycles. The number of nitrogens with one attached hydrogen (secondary N) is 2. The number of aromatic nitrogens is 3. The third-order valence-corrected chi connectivity index (χ3v) is 9.88. The van der Waals surface area contributed by atoms with Crippen molar-refractivity contribution in [1.29, 1.82) is 5.26 Å². The first-order valence-electron chi connectivity index (χ1n) is 15.2. The Morgan fingerprint density at radius 3 is 2.22 bits per heavy atom. The van der Waals surface area contributed by atoms with Gasteiger partial charge in [-0.1, -0.05) is 35.3 Å². The first-order valence-corrected chi connectivity index (χ1v) is 16.0. The number of fused-ring (bicyclic) bond motifs is 1. The molecule has 0 bridgehead atoms. The monoisotopic (exact) mass is 701 g/mol. The average Bonchev–Trinajstić information content (AvgIpc) is 3.99. The smallest absolute Gasteiger partial charge is 0.337 e. The van der Waals surface area contributed by atoms with Crippen LogP contribution in [-0.4, -0.2) is 48.9 Å². The summed E-state index contributed by atoms with van der Waals surface area (Å²) in [6.07, 6.45) is 4.56. The molecule has 248 valence electrons. The van der Waals surface area contributed by atoms with Gasteiger partial charge in [-0.25, -0.2) is 19.1 Å². The number of carboxylic acids is 1. The maximum atomic E-state index is 14.4. The van der Waals surface area contributed by atoms with Gasteiger partial charge in [0, 0.05) is 12.6 Å². The SMILES string of the molecule is CC1(Cc2ccc(C#N)cc2)C(=O)N(c2cc(Cl)c(F)c(Cl)c2)c2ncc(C(=O)NC3(C(=O)NC4(c5ccc(C(=O)O)cn5)CC4)CC3)n21. The maximum Gasteiger partial charge on any atom is 0.337 e. The summed E-state index contributed by atoms with van der Waals surface area (Å²) in [4.78, 5) is 63.2. The molecule has 2 fully saturated rings. The Bertz CT molecular complexity index is 2100. The number of carboxylic acid groups (broad SMARTS) is 1. The third-order valence-electron chi connectivity index (χ3n) is 9.33. The number of rotatable bonds is 9. The summed E-state index contributed by atoms with van der Waals surface area (Å²) in [7, 11) is 0. The van der Waals surface area contributed by atoms with Crippen molar-refractivity contribution in [2.45, 2.75) is 55.6 Å². The lowest BCUT2D eigenvalue weighted by Crippen LogP contribution is -2.52. The van der Waals surface area contributed by atoms with Crippen molar-refractivity contribution in [2.24, 2.45) is 0 Å². The normalized spacial score (nSPS) is 19.5. The van der Waals surface area contributed by atoms with E-state index in [2.05, 4.69) is 26.7 Å². The molecular formula is C34H26Cl2FN7O5. The van der Waals surface area contributed by atoms with Crippen LogP contribution in [0.15, 0.2) is 60.9 Å². The Balaban J connectivity index is 1.20. The molecule has 1 unspecified atom stereocenters. The number of carbonyl (C=O) groups excluding carboxylic acids is 3. The fourth-order valence-electron chi connectivity index (χ4n) is 6.25. The van der Waals surface area contributed by atoms with E-state index in [1.54, 1.807) is 37.3 Å². The fourth-order valence-corrected chi connectivity index (χ4v) is 6.73. The molecule has 4 aromatic rings. The second kappa shape index (κ2) is 11.4. The number of carbonyl (C=O) groups is 4. The molecule has 12 nitrogen and oxygen atoms in total. The predicted molar refractivity (Wildman–Crippen MR) is 174 cm³/mol. The van der Waals surface area contributed by atoms with E-state index in [1.165, 1.54) is 40.1 Å². The van der Waals surface area contributed by atoms with Gasteiger partial charge in [0.2, 0.25) is 11.9 Å². The summed E-state index contributed by atoms with van der Waals surface area (Å²) in [6.45, 7) is 1.64. The molecule has 2 aliphatic carbocycles. The minimum absolute atomic E-state index is 0.00689. The zero-order chi connectivity index (χ0) is 34.9. The summed E-state index contributed by atoms with van der Waals surface area (Å²) in [6, 6.07) is 14.2. The van der Waals surface area contributed by atoms with E-state index in [0.29, 0.717) is 42.5 Å². The number of hydrogen-bond donors (Lipinski definition) is 3. The molecule has 3 aliphatic rings. The molecule has 1 aliphatic heterocycles. The zero-order valence-corrected chi connectivity index (χ0v) is 27.3. The number of nitriles is 1. The highest BCUT2D eigenvalue weighted by atomic mass is 35.5. The van der Waals surface area contributed by atoms with Crippen LogP contribution in [0.25, 0.3) is 0 Å². The topological polar surface area (TPSA) is 170 Å². The van der Waals surface area contributed by atoms with Gasteiger partial charge in [-0.3, -0.25) is 23.9 Å². The van der Waals surface area contributed by atoms with Gasteiger partial charge in [0.05, 0.1) is 50.4 Å². The molecule has 2 saturated carbocycles. The van der Waals surface area contributed by atoms with E-state index >= 15 is 0 Å². The van der Waals surface area contributed by atoms with Crippen molar-refractivity contribution in [1.82, 2.24) is 25.2 Å². The third kappa shape index (κ3) is 5.37. The first-order chi connectivity index (χ1) is 23.3. The van der Waals surface area contributed by atoms with Crippen LogP contribution in [0.3, 0.4) is 0 Å². The standard InChI is InChI=1S/C34H26Cl2FN7O5/c1-32(14-18-2-4-19(15-38)5-3-18)30(49)43(21-12-22(35)26(37)23(36)13-21)31-40-17-24(44(31)32)27(45)41-34(10-11-34)29(48)42-33(8-9-33)25-7-6-20(16-39-25)28(46)47/h2-7,12-13,16-17H,8-11,14H2,1H3,(H,41,45)(H,42,48)(H,46,47). The van der Waals surface area contributed by atoms with E-state index in [-0.39, 0.29) is 39.4 Å². The summed E-state index contributed by atoms with van der Waals surface area (Å²) in [5.74, 6) is -3.44. The lowest BCUT2D eigenvalue weighted by Gasteiger charge is -2.27. The van der Waals surface area contributed by atoms with Crippen LogP contribution in [0.1, 0.15) is 70.3 Å². The van der Waals surface area contributed by atoms with Crippen LogP contribution < -0.4 is 15.5 Å². The zero-order valence-electron chi connectivity index (χ0n) is 25.8. The molecule has 0 saturated heterocycles. The van der Waals surface area contributed by atoms with E-state index in [4.69, 9.17) is 23.2 Å². The number of imidazole rings is 1.